The SMILES string of the molecule is O=S(=O)(O)N=NC1CCC(CO)CC1. The number of rotatable bonds is 3. The van der Waals surface area contributed by atoms with Crippen molar-refractivity contribution in [3.63, 3.8) is 0 Å². The van der Waals surface area contributed by atoms with E-state index in [-0.39, 0.29) is 12.6 Å². The lowest BCUT2D eigenvalue weighted by molar-refractivity contribution is 0.182. The zero-order valence-electron chi connectivity index (χ0n) is 7.70. The summed E-state index contributed by atoms with van der Waals surface area (Å²) in [6.07, 6.45) is 3.08. The lowest BCUT2D eigenvalue weighted by Gasteiger charge is -2.23. The largest absolute Gasteiger partial charge is 0.396 e. The maximum Gasteiger partial charge on any atom is 0.395 e. The zero-order valence-corrected chi connectivity index (χ0v) is 8.52. The molecule has 0 atom stereocenters. The van der Waals surface area contributed by atoms with Crippen LogP contribution < -0.4 is 0 Å². The first kappa shape index (κ1) is 11.5. The van der Waals surface area contributed by atoms with E-state index >= 15 is 0 Å². The Kier molecular flexibility index (Phi) is 3.97. The highest BCUT2D eigenvalue weighted by molar-refractivity contribution is 7.84. The van der Waals surface area contributed by atoms with Gasteiger partial charge >= 0.3 is 10.3 Å². The second-order valence-electron chi connectivity index (χ2n) is 3.50. The molecule has 0 spiro atoms. The molecule has 0 amide bonds. The molecule has 1 aliphatic carbocycles. The second-order valence-corrected chi connectivity index (χ2v) is 4.56. The third-order valence-electron chi connectivity index (χ3n) is 2.39. The van der Waals surface area contributed by atoms with Gasteiger partial charge in [0.15, 0.2) is 0 Å². The average Bonchev–Trinajstić information content (AvgIpc) is 2.14. The van der Waals surface area contributed by atoms with Gasteiger partial charge in [-0.15, -0.1) is 0 Å². The first-order chi connectivity index (χ1) is 6.51. The third kappa shape index (κ3) is 4.12. The highest BCUT2D eigenvalue weighted by Crippen LogP contribution is 2.25. The van der Waals surface area contributed by atoms with Crippen LogP contribution >= 0.6 is 0 Å². The van der Waals surface area contributed by atoms with Gasteiger partial charge in [-0.05, 0) is 36.1 Å². The standard InChI is InChI=1S/C7H14N2O4S/c10-5-6-1-3-7(4-2-6)8-9-14(11,12)13/h6-7,10H,1-5H2,(H,11,12,13). The van der Waals surface area contributed by atoms with E-state index in [2.05, 4.69) is 9.63 Å². The lowest BCUT2D eigenvalue weighted by atomic mass is 9.87. The summed E-state index contributed by atoms with van der Waals surface area (Å²) in [5.74, 6) is 0.298. The van der Waals surface area contributed by atoms with Gasteiger partial charge in [0.25, 0.3) is 0 Å². The Balaban J connectivity index is 2.40. The molecular weight excluding hydrogens is 208 g/mol. The van der Waals surface area contributed by atoms with Crippen LogP contribution in [0, 0.1) is 5.92 Å². The van der Waals surface area contributed by atoms with Crippen LogP contribution in [0.1, 0.15) is 25.7 Å². The maximum absolute atomic E-state index is 10.2. The molecule has 0 unspecified atom stereocenters. The summed E-state index contributed by atoms with van der Waals surface area (Å²) >= 11 is 0. The van der Waals surface area contributed by atoms with Gasteiger partial charge in [0.1, 0.15) is 0 Å². The van der Waals surface area contributed by atoms with Gasteiger partial charge in [0.2, 0.25) is 0 Å². The number of nitrogens with zero attached hydrogens (tertiary/aromatic N) is 2. The normalized spacial score (nSPS) is 29.6. The number of hydrogen-bond acceptors (Lipinski definition) is 4. The van der Waals surface area contributed by atoms with Crippen LogP contribution in [0.15, 0.2) is 9.63 Å². The Hall–Kier alpha value is -0.530. The molecule has 82 valence electrons. The first-order valence-corrected chi connectivity index (χ1v) is 5.91. The van der Waals surface area contributed by atoms with Gasteiger partial charge in [-0.3, -0.25) is 4.55 Å². The minimum Gasteiger partial charge on any atom is -0.396 e. The Bertz CT molecular complexity index is 293. The van der Waals surface area contributed by atoms with Crippen molar-refractivity contribution in [2.75, 3.05) is 6.61 Å². The van der Waals surface area contributed by atoms with Crippen molar-refractivity contribution in [3.05, 3.63) is 0 Å². The van der Waals surface area contributed by atoms with Crippen molar-refractivity contribution in [1.82, 2.24) is 0 Å². The van der Waals surface area contributed by atoms with Gasteiger partial charge in [-0.1, -0.05) is 0 Å². The molecule has 0 aromatic carbocycles. The monoisotopic (exact) mass is 222 g/mol. The Morgan fingerprint density at radius 1 is 1.21 bits per heavy atom. The van der Waals surface area contributed by atoms with Gasteiger partial charge < -0.3 is 5.11 Å². The van der Waals surface area contributed by atoms with E-state index in [4.69, 9.17) is 9.66 Å². The van der Waals surface area contributed by atoms with E-state index in [1.54, 1.807) is 0 Å². The number of aliphatic hydroxyl groups excluding tert-OH is 1. The number of aliphatic hydroxyl groups is 1. The molecular formula is C7H14N2O4S. The summed E-state index contributed by atoms with van der Waals surface area (Å²) < 4.78 is 31.6. The highest BCUT2D eigenvalue weighted by Gasteiger charge is 2.20. The van der Waals surface area contributed by atoms with Gasteiger partial charge in [-0.2, -0.15) is 13.5 Å². The Labute approximate surface area is 82.9 Å². The average molecular weight is 222 g/mol. The van der Waals surface area contributed by atoms with Crippen molar-refractivity contribution in [1.29, 1.82) is 0 Å². The minimum absolute atomic E-state index is 0.139. The predicted molar refractivity (Wildman–Crippen MR) is 49.2 cm³/mol. The summed E-state index contributed by atoms with van der Waals surface area (Å²) in [7, 11) is -4.33. The molecule has 6 nitrogen and oxygen atoms in total. The Morgan fingerprint density at radius 3 is 2.21 bits per heavy atom. The highest BCUT2D eigenvalue weighted by atomic mass is 32.2. The molecule has 0 aromatic rings. The smallest absolute Gasteiger partial charge is 0.395 e. The first-order valence-electron chi connectivity index (χ1n) is 4.51. The van der Waals surface area contributed by atoms with Crippen LogP contribution in [-0.2, 0) is 10.3 Å². The van der Waals surface area contributed by atoms with Crippen LogP contribution in [-0.4, -0.2) is 30.7 Å². The Morgan fingerprint density at radius 2 is 1.79 bits per heavy atom. The van der Waals surface area contributed by atoms with Crippen molar-refractivity contribution in [2.24, 2.45) is 15.6 Å². The fraction of sp³-hybridized carbons (Fsp3) is 1.00. The second kappa shape index (κ2) is 4.81. The molecule has 1 fully saturated rings. The molecule has 0 aliphatic heterocycles. The van der Waals surface area contributed by atoms with E-state index in [0.29, 0.717) is 18.8 Å². The molecule has 0 bridgehead atoms. The molecule has 7 heteroatoms. The van der Waals surface area contributed by atoms with Crippen molar-refractivity contribution < 1.29 is 18.1 Å². The van der Waals surface area contributed by atoms with E-state index in [1.807, 2.05) is 0 Å². The topological polar surface area (TPSA) is 99.3 Å². The van der Waals surface area contributed by atoms with Crippen LogP contribution in [0.4, 0.5) is 0 Å². The molecule has 1 saturated carbocycles. The molecule has 0 aromatic heterocycles. The molecule has 1 aliphatic rings. The maximum atomic E-state index is 10.2. The van der Waals surface area contributed by atoms with Gasteiger partial charge in [0.05, 0.1) is 6.04 Å². The zero-order chi connectivity index (χ0) is 10.6. The molecule has 0 radical (unpaired) electrons. The summed E-state index contributed by atoms with van der Waals surface area (Å²) in [6, 6.07) is -0.139. The fourth-order valence-electron chi connectivity index (χ4n) is 1.57. The van der Waals surface area contributed by atoms with Crippen LogP contribution in [0.2, 0.25) is 0 Å². The lowest BCUT2D eigenvalue weighted by Crippen LogP contribution is -2.19. The van der Waals surface area contributed by atoms with Crippen molar-refractivity contribution >= 4 is 10.3 Å². The summed E-state index contributed by atoms with van der Waals surface area (Å²) in [4.78, 5) is 0. The van der Waals surface area contributed by atoms with E-state index < -0.39 is 10.3 Å². The van der Waals surface area contributed by atoms with Crippen molar-refractivity contribution in [2.45, 2.75) is 31.7 Å². The van der Waals surface area contributed by atoms with Crippen LogP contribution in [0.3, 0.4) is 0 Å². The fourth-order valence-corrected chi connectivity index (χ4v) is 1.82. The summed E-state index contributed by atoms with van der Waals surface area (Å²) in [5.41, 5.74) is 0. The van der Waals surface area contributed by atoms with E-state index in [0.717, 1.165) is 12.8 Å². The third-order valence-corrected chi connectivity index (χ3v) is 2.69. The van der Waals surface area contributed by atoms with Crippen molar-refractivity contribution in [3.8, 4) is 0 Å². The summed E-state index contributed by atoms with van der Waals surface area (Å²) in [6.45, 7) is 0.169. The predicted octanol–water partition coefficient (Wildman–Crippen LogP) is 0.793. The minimum atomic E-state index is -4.33. The molecule has 0 saturated heterocycles. The quantitative estimate of drug-likeness (QED) is 0.544. The van der Waals surface area contributed by atoms with Crippen LogP contribution in [0.25, 0.3) is 0 Å². The summed E-state index contributed by atoms with van der Waals surface area (Å²) in [5, 5.41) is 12.4. The van der Waals surface area contributed by atoms with Crippen LogP contribution in [0.5, 0.6) is 0 Å². The molecule has 2 N–H and O–H groups in total. The molecule has 1 rings (SSSR count). The van der Waals surface area contributed by atoms with E-state index in [9.17, 15) is 8.42 Å². The number of hydrogen-bond donors (Lipinski definition) is 2. The van der Waals surface area contributed by atoms with E-state index in [1.165, 1.54) is 0 Å². The van der Waals surface area contributed by atoms with Gasteiger partial charge in [0, 0.05) is 6.61 Å². The molecule has 0 heterocycles. The molecule has 14 heavy (non-hydrogen) atoms. The van der Waals surface area contributed by atoms with Gasteiger partial charge in [-0.25, -0.2) is 0 Å².